The molecule has 0 spiro atoms. The first kappa shape index (κ1) is 8.95. The first-order valence-corrected chi connectivity index (χ1v) is 1.19. The van der Waals surface area contributed by atoms with Gasteiger partial charge in [-0.05, 0) is 6.08 Å². The smallest absolute Gasteiger partial charge is 0.240 e. The minimum Gasteiger partial charge on any atom is -0.412 e. The van der Waals surface area contributed by atoms with Gasteiger partial charge in [0.2, 0.25) is 5.91 Å². The van der Waals surface area contributed by atoms with Crippen molar-refractivity contribution in [2.24, 2.45) is 5.73 Å². The summed E-state index contributed by atoms with van der Waals surface area (Å²) >= 11 is 0. The molecular weight excluding hydrogens is 82.0 g/mol. The van der Waals surface area contributed by atoms with Crippen LogP contribution in [0.1, 0.15) is 0 Å². The Balaban J connectivity index is 0. The summed E-state index contributed by atoms with van der Waals surface area (Å²) in [4.78, 5) is 9.47. The molecule has 0 saturated carbocycles. The largest absolute Gasteiger partial charge is 0.412 e. The van der Waals surface area contributed by atoms with Gasteiger partial charge in [0.25, 0.3) is 0 Å². The van der Waals surface area contributed by atoms with E-state index in [4.69, 9.17) is 0 Å². The van der Waals surface area contributed by atoms with Gasteiger partial charge in [0, 0.05) is 0 Å². The fourth-order valence-electron chi connectivity index (χ4n) is 0. The number of nitrogens with two attached hydrogens (primary N) is 1. The highest BCUT2D eigenvalue weighted by Crippen LogP contribution is 1.48. The van der Waals surface area contributed by atoms with Crippen LogP contribution in [0.3, 0.4) is 0 Å². The molecule has 1 amide bonds. The molecule has 0 fully saturated rings. The maximum absolute atomic E-state index is 9.47. The van der Waals surface area contributed by atoms with Gasteiger partial charge < -0.3 is 11.2 Å². The van der Waals surface area contributed by atoms with Crippen LogP contribution in [0.4, 0.5) is 0 Å². The Morgan fingerprint density at radius 2 is 2.00 bits per heavy atom. The van der Waals surface area contributed by atoms with Crippen LogP contribution in [0.15, 0.2) is 12.7 Å². The van der Waals surface area contributed by atoms with E-state index in [2.05, 4.69) is 12.3 Å². The van der Waals surface area contributed by atoms with Gasteiger partial charge >= 0.3 is 0 Å². The highest BCUT2D eigenvalue weighted by atomic mass is 16.1. The number of rotatable bonds is 1. The molecule has 0 heterocycles. The monoisotopic (exact) mass is 89.0 g/mol. The first-order chi connectivity index (χ1) is 2.27. The van der Waals surface area contributed by atoms with E-state index in [1.165, 1.54) is 0 Å². The zero-order valence-corrected chi connectivity index (χ0v) is 3.27. The van der Waals surface area contributed by atoms with E-state index in [1.807, 2.05) is 0 Å². The van der Waals surface area contributed by atoms with Crippen molar-refractivity contribution in [2.45, 2.75) is 0 Å². The molecule has 36 valence electrons. The molecule has 0 aliphatic rings. The second kappa shape index (κ2) is 4.17. The molecule has 0 aromatic carbocycles. The molecule has 0 aromatic heterocycles. The maximum Gasteiger partial charge on any atom is 0.240 e. The third-order valence-corrected chi connectivity index (χ3v) is 0.201. The van der Waals surface area contributed by atoms with Crippen molar-refractivity contribution in [1.29, 1.82) is 0 Å². The molecule has 0 bridgehead atoms. The lowest BCUT2D eigenvalue weighted by Gasteiger charge is -1.65. The number of hydrogen-bond donors (Lipinski definition) is 1. The van der Waals surface area contributed by atoms with Crippen molar-refractivity contribution in [1.82, 2.24) is 0 Å². The van der Waals surface area contributed by atoms with Crippen LogP contribution >= 0.6 is 0 Å². The van der Waals surface area contributed by atoms with Crippen molar-refractivity contribution < 1.29 is 10.3 Å². The Morgan fingerprint density at radius 1 is 1.83 bits per heavy atom. The fraction of sp³-hybridized carbons (Fsp3) is 0. The second-order valence-electron chi connectivity index (χ2n) is 0.606. The number of amides is 1. The van der Waals surface area contributed by atoms with Gasteiger partial charge in [0.1, 0.15) is 0 Å². The summed E-state index contributed by atoms with van der Waals surface area (Å²) in [6.07, 6.45) is 1.06. The maximum atomic E-state index is 9.47. The highest BCUT2D eigenvalue weighted by Gasteiger charge is 1.69. The van der Waals surface area contributed by atoms with Gasteiger partial charge in [-0.2, -0.15) is 0 Å². The van der Waals surface area contributed by atoms with E-state index in [1.54, 1.807) is 0 Å². The van der Waals surface area contributed by atoms with Crippen LogP contribution in [0, 0.1) is 0 Å². The summed E-state index contributed by atoms with van der Waals surface area (Å²) in [5, 5.41) is 0. The molecule has 6 heavy (non-hydrogen) atoms. The average molecular weight is 89.1 g/mol. The Morgan fingerprint density at radius 3 is 2.00 bits per heavy atom. The standard InChI is InChI=1S/C3H5NO.H2O/c1-2-3(4)5;/h2H,1H2,(H2,4,5);1H2. The van der Waals surface area contributed by atoms with Crippen LogP contribution in [0.5, 0.6) is 0 Å². The molecule has 0 aliphatic heterocycles. The lowest BCUT2D eigenvalue weighted by atomic mass is 10.6. The van der Waals surface area contributed by atoms with Crippen molar-refractivity contribution in [3.63, 3.8) is 0 Å². The van der Waals surface area contributed by atoms with Crippen molar-refractivity contribution >= 4 is 5.91 Å². The summed E-state index contributed by atoms with van der Waals surface area (Å²) in [5.41, 5.74) is 4.53. The van der Waals surface area contributed by atoms with E-state index in [0.717, 1.165) is 6.08 Å². The van der Waals surface area contributed by atoms with Gasteiger partial charge in [-0.1, -0.05) is 6.58 Å². The van der Waals surface area contributed by atoms with Crippen LogP contribution in [-0.4, -0.2) is 11.4 Å². The summed E-state index contributed by atoms with van der Waals surface area (Å²) in [6, 6.07) is 0. The first-order valence-electron chi connectivity index (χ1n) is 1.19. The van der Waals surface area contributed by atoms with E-state index in [9.17, 15) is 4.79 Å². The summed E-state index contributed by atoms with van der Waals surface area (Å²) < 4.78 is 0. The normalized spacial score (nSPS) is 5.33. The number of primary amides is 1. The SMILES string of the molecule is C=CC(N)=O.O. The van der Waals surface area contributed by atoms with E-state index < -0.39 is 5.91 Å². The Hall–Kier alpha value is -0.830. The molecule has 3 heteroatoms. The predicted octanol–water partition coefficient (Wildman–Crippen LogP) is -1.17. The van der Waals surface area contributed by atoms with Crippen molar-refractivity contribution in [3.05, 3.63) is 12.7 Å². The van der Waals surface area contributed by atoms with E-state index in [0.29, 0.717) is 0 Å². The quantitative estimate of drug-likeness (QED) is 0.404. The molecule has 4 N–H and O–H groups in total. The van der Waals surface area contributed by atoms with Crippen molar-refractivity contribution in [3.8, 4) is 0 Å². The molecule has 3 nitrogen and oxygen atoms in total. The van der Waals surface area contributed by atoms with Gasteiger partial charge in [-0.15, -0.1) is 0 Å². The van der Waals surface area contributed by atoms with Crippen molar-refractivity contribution in [2.75, 3.05) is 0 Å². The zero-order chi connectivity index (χ0) is 4.28. The number of carbonyl (C=O) groups is 1. The second-order valence-corrected chi connectivity index (χ2v) is 0.606. The molecule has 0 saturated heterocycles. The number of hydrogen-bond acceptors (Lipinski definition) is 1. The van der Waals surface area contributed by atoms with E-state index in [-0.39, 0.29) is 5.48 Å². The van der Waals surface area contributed by atoms with Crippen LogP contribution in [0.25, 0.3) is 0 Å². The molecule has 0 radical (unpaired) electrons. The van der Waals surface area contributed by atoms with Crippen LogP contribution in [0.2, 0.25) is 0 Å². The zero-order valence-electron chi connectivity index (χ0n) is 3.27. The fourth-order valence-corrected chi connectivity index (χ4v) is 0. The van der Waals surface area contributed by atoms with Gasteiger partial charge in [-0.25, -0.2) is 0 Å². The third-order valence-electron chi connectivity index (χ3n) is 0.201. The summed E-state index contributed by atoms with van der Waals surface area (Å²) in [5.74, 6) is -0.481. The van der Waals surface area contributed by atoms with E-state index >= 15 is 0 Å². The molecular formula is C3H7NO2. The van der Waals surface area contributed by atoms with Gasteiger partial charge in [-0.3, -0.25) is 4.79 Å². The molecule has 0 aliphatic carbocycles. The lowest BCUT2D eigenvalue weighted by Crippen LogP contribution is -2.04. The Bertz CT molecular complexity index is 59.8. The minimum absolute atomic E-state index is 0. The predicted molar refractivity (Wildman–Crippen MR) is 23.0 cm³/mol. The third kappa shape index (κ3) is 10.9. The minimum atomic E-state index is -0.481. The average Bonchev–Trinajstić information content (AvgIpc) is 1.38. The Labute approximate surface area is 35.8 Å². The molecule has 0 unspecified atom stereocenters. The highest BCUT2D eigenvalue weighted by molar-refractivity contribution is 5.84. The summed E-state index contributed by atoms with van der Waals surface area (Å²) in [6.45, 7) is 3.09. The molecule has 0 rings (SSSR count). The topological polar surface area (TPSA) is 74.6 Å². The van der Waals surface area contributed by atoms with Crippen LogP contribution < -0.4 is 5.73 Å². The molecule has 0 aromatic rings. The number of carbonyl (C=O) groups excluding carboxylic acids is 1. The lowest BCUT2D eigenvalue weighted by molar-refractivity contribution is -0.113. The Kier molecular flexibility index (Phi) is 6.22. The molecule has 0 atom stereocenters. The van der Waals surface area contributed by atoms with Gasteiger partial charge in [0.05, 0.1) is 0 Å². The van der Waals surface area contributed by atoms with Crippen LogP contribution in [-0.2, 0) is 4.79 Å². The summed E-state index contributed by atoms with van der Waals surface area (Å²) in [7, 11) is 0. The van der Waals surface area contributed by atoms with Gasteiger partial charge in [0.15, 0.2) is 0 Å².